The SMILES string of the molecule is CCN1CCc2nc(NC(=O)c3ccc(C(F)(F)F)cc3)sc2C1. The first kappa shape index (κ1) is 16.9. The van der Waals surface area contributed by atoms with Crippen LogP contribution in [0.4, 0.5) is 18.3 Å². The fraction of sp³-hybridized carbons (Fsp3) is 0.375. The summed E-state index contributed by atoms with van der Waals surface area (Å²) in [7, 11) is 0. The average Bonchev–Trinajstić information content (AvgIpc) is 2.95. The maximum Gasteiger partial charge on any atom is 0.416 e. The van der Waals surface area contributed by atoms with Gasteiger partial charge < -0.3 is 0 Å². The van der Waals surface area contributed by atoms with Crippen LogP contribution in [0.5, 0.6) is 0 Å². The van der Waals surface area contributed by atoms with Gasteiger partial charge in [0, 0.05) is 30.0 Å². The number of nitrogens with one attached hydrogen (secondary N) is 1. The number of nitrogens with zero attached hydrogens (tertiary/aromatic N) is 2. The molecule has 0 saturated carbocycles. The first-order valence-electron chi connectivity index (χ1n) is 7.56. The number of hydrogen-bond donors (Lipinski definition) is 1. The molecule has 1 aliphatic rings. The number of anilines is 1. The second-order valence-corrected chi connectivity index (χ2v) is 6.62. The van der Waals surface area contributed by atoms with Gasteiger partial charge in [-0.2, -0.15) is 13.2 Å². The fourth-order valence-electron chi connectivity index (χ4n) is 2.55. The summed E-state index contributed by atoms with van der Waals surface area (Å²) < 4.78 is 37.6. The van der Waals surface area contributed by atoms with Crippen molar-refractivity contribution in [3.63, 3.8) is 0 Å². The van der Waals surface area contributed by atoms with E-state index in [1.807, 2.05) is 0 Å². The minimum atomic E-state index is -4.41. The van der Waals surface area contributed by atoms with Crippen molar-refractivity contribution in [2.24, 2.45) is 0 Å². The molecule has 0 aliphatic carbocycles. The number of benzene rings is 1. The third-order valence-electron chi connectivity index (χ3n) is 3.95. The van der Waals surface area contributed by atoms with Crippen LogP contribution in [-0.4, -0.2) is 28.9 Å². The van der Waals surface area contributed by atoms with Crippen molar-refractivity contribution in [3.05, 3.63) is 46.0 Å². The van der Waals surface area contributed by atoms with E-state index in [0.29, 0.717) is 5.13 Å². The number of likely N-dealkylation sites (N-methyl/N-ethyl adjacent to an activating group) is 1. The van der Waals surface area contributed by atoms with Crippen LogP contribution in [0.15, 0.2) is 24.3 Å². The van der Waals surface area contributed by atoms with Crippen LogP contribution >= 0.6 is 11.3 Å². The maximum atomic E-state index is 12.5. The predicted molar refractivity (Wildman–Crippen MR) is 86.2 cm³/mol. The smallest absolute Gasteiger partial charge is 0.298 e. The zero-order chi connectivity index (χ0) is 17.3. The van der Waals surface area contributed by atoms with Gasteiger partial charge in [-0.25, -0.2) is 4.98 Å². The molecule has 0 saturated heterocycles. The zero-order valence-electron chi connectivity index (χ0n) is 13.0. The van der Waals surface area contributed by atoms with Crippen molar-refractivity contribution in [2.45, 2.75) is 26.1 Å². The number of thiazole rings is 1. The summed E-state index contributed by atoms with van der Waals surface area (Å²) in [6.45, 7) is 4.82. The molecule has 4 nitrogen and oxygen atoms in total. The number of halogens is 3. The minimum absolute atomic E-state index is 0.173. The topological polar surface area (TPSA) is 45.2 Å². The number of hydrogen-bond acceptors (Lipinski definition) is 4. The molecule has 128 valence electrons. The Balaban J connectivity index is 1.70. The Morgan fingerprint density at radius 3 is 2.67 bits per heavy atom. The standard InChI is InChI=1S/C16H16F3N3OS/c1-2-22-8-7-12-13(9-22)24-15(20-12)21-14(23)10-3-5-11(6-4-10)16(17,18)19/h3-6H,2,7-9H2,1H3,(H,20,21,23). The lowest BCUT2D eigenvalue weighted by Gasteiger charge is -2.23. The Kier molecular flexibility index (Phi) is 4.60. The number of rotatable bonds is 3. The van der Waals surface area contributed by atoms with E-state index in [0.717, 1.165) is 48.8 Å². The van der Waals surface area contributed by atoms with Crippen molar-refractivity contribution in [1.29, 1.82) is 0 Å². The first-order chi connectivity index (χ1) is 11.4. The molecule has 8 heteroatoms. The van der Waals surface area contributed by atoms with Crippen LogP contribution in [0.25, 0.3) is 0 Å². The highest BCUT2D eigenvalue weighted by Crippen LogP contribution is 2.30. The van der Waals surface area contributed by atoms with Gasteiger partial charge in [-0.15, -0.1) is 11.3 Å². The molecule has 1 aromatic heterocycles. The Morgan fingerprint density at radius 2 is 2.04 bits per heavy atom. The van der Waals surface area contributed by atoms with E-state index in [9.17, 15) is 18.0 Å². The molecular weight excluding hydrogens is 339 g/mol. The largest absolute Gasteiger partial charge is 0.416 e. The highest BCUT2D eigenvalue weighted by atomic mass is 32.1. The summed E-state index contributed by atoms with van der Waals surface area (Å²) in [5, 5.41) is 3.16. The molecule has 1 N–H and O–H groups in total. The molecule has 24 heavy (non-hydrogen) atoms. The van der Waals surface area contributed by atoms with Gasteiger partial charge >= 0.3 is 6.18 Å². The van der Waals surface area contributed by atoms with Crippen molar-refractivity contribution in [2.75, 3.05) is 18.4 Å². The number of alkyl halides is 3. The van der Waals surface area contributed by atoms with Crippen LogP contribution in [0, 0.1) is 0 Å². The van der Waals surface area contributed by atoms with Gasteiger partial charge in [-0.1, -0.05) is 6.92 Å². The van der Waals surface area contributed by atoms with Crippen molar-refractivity contribution >= 4 is 22.4 Å². The summed E-state index contributed by atoms with van der Waals surface area (Å²) in [5.74, 6) is -0.456. The van der Waals surface area contributed by atoms with E-state index in [2.05, 4.69) is 22.1 Å². The normalized spacial score (nSPS) is 15.2. The molecule has 2 aromatic rings. The summed E-state index contributed by atoms with van der Waals surface area (Å²) in [6, 6.07) is 4.15. The third kappa shape index (κ3) is 3.59. The predicted octanol–water partition coefficient (Wildman–Crippen LogP) is 3.79. The second-order valence-electron chi connectivity index (χ2n) is 5.54. The molecule has 0 bridgehead atoms. The second kappa shape index (κ2) is 6.52. The van der Waals surface area contributed by atoms with Crippen molar-refractivity contribution < 1.29 is 18.0 Å². The van der Waals surface area contributed by atoms with E-state index < -0.39 is 17.6 Å². The Hall–Kier alpha value is -1.93. The van der Waals surface area contributed by atoms with Crippen LogP contribution in [0.1, 0.15) is 33.4 Å². The van der Waals surface area contributed by atoms with Gasteiger partial charge in [0.2, 0.25) is 0 Å². The lowest BCUT2D eigenvalue weighted by atomic mass is 10.1. The molecule has 1 amide bonds. The van der Waals surface area contributed by atoms with Gasteiger partial charge in [0.25, 0.3) is 5.91 Å². The number of carbonyl (C=O) groups is 1. The summed E-state index contributed by atoms with van der Waals surface area (Å²) >= 11 is 1.42. The molecule has 0 unspecified atom stereocenters. The number of carbonyl (C=O) groups excluding carboxylic acids is 1. The van der Waals surface area contributed by atoms with Gasteiger partial charge in [0.05, 0.1) is 11.3 Å². The van der Waals surface area contributed by atoms with E-state index in [1.54, 1.807) is 0 Å². The van der Waals surface area contributed by atoms with E-state index in [4.69, 9.17) is 0 Å². The van der Waals surface area contributed by atoms with Gasteiger partial charge in [0.15, 0.2) is 5.13 Å². The van der Waals surface area contributed by atoms with E-state index in [-0.39, 0.29) is 5.56 Å². The molecule has 2 heterocycles. The first-order valence-corrected chi connectivity index (χ1v) is 8.38. The Morgan fingerprint density at radius 1 is 1.33 bits per heavy atom. The molecule has 0 radical (unpaired) electrons. The number of aromatic nitrogens is 1. The Bertz CT molecular complexity index is 740. The quantitative estimate of drug-likeness (QED) is 0.911. The monoisotopic (exact) mass is 355 g/mol. The maximum absolute atomic E-state index is 12.5. The summed E-state index contributed by atoms with van der Waals surface area (Å²) in [6.07, 6.45) is -3.57. The molecule has 0 spiro atoms. The minimum Gasteiger partial charge on any atom is -0.298 e. The average molecular weight is 355 g/mol. The Labute approximate surface area is 141 Å². The summed E-state index contributed by atoms with van der Waals surface area (Å²) in [5.41, 5.74) is 0.391. The lowest BCUT2D eigenvalue weighted by molar-refractivity contribution is -0.137. The van der Waals surface area contributed by atoms with Gasteiger partial charge in [0.1, 0.15) is 0 Å². The van der Waals surface area contributed by atoms with Crippen LogP contribution < -0.4 is 5.32 Å². The fourth-order valence-corrected chi connectivity index (χ4v) is 3.60. The highest BCUT2D eigenvalue weighted by Gasteiger charge is 2.30. The molecule has 1 aromatic carbocycles. The van der Waals surface area contributed by atoms with E-state index >= 15 is 0 Å². The van der Waals surface area contributed by atoms with Crippen molar-refractivity contribution in [3.8, 4) is 0 Å². The van der Waals surface area contributed by atoms with Crippen LogP contribution in [0.2, 0.25) is 0 Å². The van der Waals surface area contributed by atoms with E-state index in [1.165, 1.54) is 23.5 Å². The van der Waals surface area contributed by atoms with Crippen LogP contribution in [0.3, 0.4) is 0 Å². The van der Waals surface area contributed by atoms with Crippen molar-refractivity contribution in [1.82, 2.24) is 9.88 Å². The molecule has 0 atom stereocenters. The number of fused-ring (bicyclic) bond motifs is 1. The molecular formula is C16H16F3N3OS. The number of amides is 1. The lowest BCUT2D eigenvalue weighted by Crippen LogP contribution is -2.29. The third-order valence-corrected chi connectivity index (χ3v) is 4.95. The van der Waals surface area contributed by atoms with Gasteiger partial charge in [-0.05, 0) is 30.8 Å². The molecule has 3 rings (SSSR count). The highest BCUT2D eigenvalue weighted by molar-refractivity contribution is 7.15. The van der Waals surface area contributed by atoms with Gasteiger partial charge in [-0.3, -0.25) is 15.0 Å². The molecule has 1 aliphatic heterocycles. The van der Waals surface area contributed by atoms with Crippen LogP contribution in [-0.2, 0) is 19.1 Å². The summed E-state index contributed by atoms with van der Waals surface area (Å²) in [4.78, 5) is 20.0. The zero-order valence-corrected chi connectivity index (χ0v) is 13.8. The molecule has 0 fully saturated rings.